The van der Waals surface area contributed by atoms with Gasteiger partial charge in [0.15, 0.2) is 5.78 Å². The van der Waals surface area contributed by atoms with Gasteiger partial charge in [-0.05, 0) is 37.8 Å². The van der Waals surface area contributed by atoms with Crippen molar-refractivity contribution < 1.29 is 4.79 Å². The molecule has 0 aromatic heterocycles. The predicted molar refractivity (Wildman–Crippen MR) is 76.9 cm³/mol. The van der Waals surface area contributed by atoms with Crippen molar-refractivity contribution in [1.82, 2.24) is 0 Å². The van der Waals surface area contributed by atoms with Crippen LogP contribution in [0.2, 0.25) is 0 Å². The van der Waals surface area contributed by atoms with Crippen molar-refractivity contribution in [3.63, 3.8) is 0 Å². The molecule has 1 rings (SSSR count). The van der Waals surface area contributed by atoms with Crippen molar-refractivity contribution in [2.24, 2.45) is 0 Å². The van der Waals surface area contributed by atoms with E-state index in [0.717, 1.165) is 17.9 Å². The minimum atomic E-state index is 0.00376. The van der Waals surface area contributed by atoms with Gasteiger partial charge in [0, 0.05) is 28.7 Å². The number of anilines is 2. The zero-order valence-corrected chi connectivity index (χ0v) is 11.4. The minimum Gasteiger partial charge on any atom is -0.398 e. The smallest absolute Gasteiger partial charge is 0.161 e. The maximum Gasteiger partial charge on any atom is 0.161 e. The Morgan fingerprint density at radius 3 is 2.76 bits per heavy atom. The van der Waals surface area contributed by atoms with E-state index in [4.69, 9.17) is 5.73 Å². The highest BCUT2D eigenvalue weighted by atomic mass is 32.2. The van der Waals surface area contributed by atoms with Gasteiger partial charge in [0.25, 0.3) is 0 Å². The number of ketones is 1. The summed E-state index contributed by atoms with van der Waals surface area (Å²) in [6, 6.07) is 5.96. The Morgan fingerprint density at radius 1 is 1.53 bits per heavy atom. The zero-order chi connectivity index (χ0) is 12.8. The number of Topliss-reactive ketones (excluding diaryl/α,β-unsaturated/α-hetero) is 1. The Balaban J connectivity index is 2.84. The van der Waals surface area contributed by atoms with Crippen LogP contribution in [0.25, 0.3) is 0 Å². The molecule has 0 aliphatic carbocycles. The summed E-state index contributed by atoms with van der Waals surface area (Å²) in [6.07, 6.45) is 3.15. The third-order valence-corrected chi connectivity index (χ3v) is 3.40. The Labute approximate surface area is 107 Å². The van der Waals surface area contributed by atoms with Crippen LogP contribution in [0.5, 0.6) is 0 Å². The van der Waals surface area contributed by atoms with E-state index in [9.17, 15) is 4.79 Å². The number of nitrogens with one attached hydrogen (secondary N) is 1. The van der Waals surface area contributed by atoms with E-state index in [-0.39, 0.29) is 5.78 Å². The average molecular weight is 252 g/mol. The minimum absolute atomic E-state index is 0.00376. The molecule has 0 spiro atoms. The van der Waals surface area contributed by atoms with Crippen molar-refractivity contribution in [1.29, 1.82) is 0 Å². The first-order valence-electron chi connectivity index (χ1n) is 5.74. The molecule has 4 heteroatoms. The van der Waals surface area contributed by atoms with Crippen molar-refractivity contribution >= 4 is 28.9 Å². The van der Waals surface area contributed by atoms with Gasteiger partial charge in [-0.1, -0.05) is 6.92 Å². The van der Waals surface area contributed by atoms with Gasteiger partial charge in [-0.25, -0.2) is 0 Å². The van der Waals surface area contributed by atoms with E-state index in [1.165, 1.54) is 6.92 Å². The first kappa shape index (κ1) is 13.9. The summed E-state index contributed by atoms with van der Waals surface area (Å²) in [4.78, 5) is 11.4. The van der Waals surface area contributed by atoms with E-state index >= 15 is 0 Å². The van der Waals surface area contributed by atoms with Crippen LogP contribution in [0.15, 0.2) is 18.2 Å². The van der Waals surface area contributed by atoms with Crippen LogP contribution >= 0.6 is 11.8 Å². The van der Waals surface area contributed by atoms with Crippen molar-refractivity contribution in [2.75, 3.05) is 23.1 Å². The summed E-state index contributed by atoms with van der Waals surface area (Å²) in [5, 5.41) is 3.42. The average Bonchev–Trinajstić information content (AvgIpc) is 2.30. The summed E-state index contributed by atoms with van der Waals surface area (Å²) >= 11 is 1.81. The predicted octanol–water partition coefficient (Wildman–Crippen LogP) is 3.02. The molecule has 1 aromatic rings. The monoisotopic (exact) mass is 252 g/mol. The number of nitrogen functional groups attached to an aromatic ring is 1. The second-order valence-corrected chi connectivity index (χ2v) is 4.97. The van der Waals surface area contributed by atoms with Gasteiger partial charge in [-0.3, -0.25) is 4.79 Å². The molecule has 1 aromatic carbocycles. The molecule has 1 unspecified atom stereocenters. The number of carbonyl (C=O) groups excluding carboxylic acids is 1. The van der Waals surface area contributed by atoms with E-state index in [1.54, 1.807) is 6.07 Å². The number of thioether (sulfide) groups is 1. The van der Waals surface area contributed by atoms with Crippen LogP contribution in [0.3, 0.4) is 0 Å². The summed E-state index contributed by atoms with van der Waals surface area (Å²) in [7, 11) is 0. The van der Waals surface area contributed by atoms with Gasteiger partial charge in [0.2, 0.25) is 0 Å². The van der Waals surface area contributed by atoms with E-state index < -0.39 is 0 Å². The third-order valence-electron chi connectivity index (χ3n) is 2.66. The Kier molecular flexibility index (Phi) is 5.35. The van der Waals surface area contributed by atoms with E-state index in [2.05, 4.69) is 18.5 Å². The lowest BCUT2D eigenvalue weighted by molar-refractivity contribution is 0.101. The van der Waals surface area contributed by atoms with Gasteiger partial charge in [-0.15, -0.1) is 0 Å². The molecular weight excluding hydrogens is 232 g/mol. The molecule has 0 amide bonds. The van der Waals surface area contributed by atoms with Crippen LogP contribution in [0, 0.1) is 0 Å². The molecule has 0 heterocycles. The topological polar surface area (TPSA) is 55.1 Å². The maximum atomic E-state index is 11.4. The summed E-state index contributed by atoms with van der Waals surface area (Å²) in [6.45, 7) is 3.69. The highest BCUT2D eigenvalue weighted by Crippen LogP contribution is 2.20. The van der Waals surface area contributed by atoms with Crippen LogP contribution in [0.1, 0.15) is 30.6 Å². The third kappa shape index (κ3) is 3.97. The second kappa shape index (κ2) is 6.55. The van der Waals surface area contributed by atoms with E-state index in [1.807, 2.05) is 23.9 Å². The molecule has 3 nitrogen and oxygen atoms in total. The van der Waals surface area contributed by atoms with Crippen LogP contribution in [-0.4, -0.2) is 23.8 Å². The zero-order valence-electron chi connectivity index (χ0n) is 10.6. The van der Waals surface area contributed by atoms with Crippen LogP contribution in [-0.2, 0) is 0 Å². The highest BCUT2D eigenvalue weighted by molar-refractivity contribution is 7.98. The molecule has 0 saturated heterocycles. The summed E-state index contributed by atoms with van der Waals surface area (Å²) in [5.74, 6) is 1.06. The van der Waals surface area contributed by atoms with Gasteiger partial charge >= 0.3 is 0 Å². The molecule has 0 bridgehead atoms. The molecule has 0 radical (unpaired) electrons. The van der Waals surface area contributed by atoms with Gasteiger partial charge in [0.05, 0.1) is 0 Å². The molecule has 17 heavy (non-hydrogen) atoms. The Bertz CT molecular complexity index is 393. The number of hydrogen-bond acceptors (Lipinski definition) is 4. The van der Waals surface area contributed by atoms with Crippen LogP contribution in [0.4, 0.5) is 11.4 Å². The number of rotatable bonds is 6. The molecule has 0 aliphatic heterocycles. The first-order chi connectivity index (χ1) is 8.08. The lowest BCUT2D eigenvalue weighted by Crippen LogP contribution is -2.21. The van der Waals surface area contributed by atoms with E-state index in [0.29, 0.717) is 17.3 Å². The molecule has 94 valence electrons. The molecular formula is C13H20N2OS. The number of benzene rings is 1. The number of nitrogens with two attached hydrogens (primary N) is 1. The first-order valence-corrected chi connectivity index (χ1v) is 7.13. The molecule has 3 N–H and O–H groups in total. The molecule has 0 fully saturated rings. The second-order valence-electron chi connectivity index (χ2n) is 4.06. The van der Waals surface area contributed by atoms with Gasteiger partial charge in [-0.2, -0.15) is 11.8 Å². The van der Waals surface area contributed by atoms with Gasteiger partial charge in [0.1, 0.15) is 0 Å². The SMILES string of the molecule is CCC(CSC)Nc1ccc(N)c(C(C)=O)c1. The molecule has 1 atom stereocenters. The van der Waals surface area contributed by atoms with Gasteiger partial charge < -0.3 is 11.1 Å². The fourth-order valence-electron chi connectivity index (χ4n) is 1.65. The van der Waals surface area contributed by atoms with Crippen molar-refractivity contribution in [3.8, 4) is 0 Å². The largest absolute Gasteiger partial charge is 0.398 e. The number of carbonyl (C=O) groups is 1. The van der Waals surface area contributed by atoms with Crippen molar-refractivity contribution in [3.05, 3.63) is 23.8 Å². The quantitative estimate of drug-likeness (QED) is 0.603. The fraction of sp³-hybridized carbons (Fsp3) is 0.462. The molecule has 0 aliphatic rings. The fourth-order valence-corrected chi connectivity index (χ4v) is 2.37. The molecule has 0 saturated carbocycles. The normalized spacial score (nSPS) is 12.2. The van der Waals surface area contributed by atoms with Crippen molar-refractivity contribution in [2.45, 2.75) is 26.3 Å². The lowest BCUT2D eigenvalue weighted by atomic mass is 10.1. The lowest BCUT2D eigenvalue weighted by Gasteiger charge is -2.18. The standard InChI is InChI=1S/C13H20N2OS/c1-4-10(8-17-3)15-11-5-6-13(14)12(7-11)9(2)16/h5-7,10,15H,4,8,14H2,1-3H3. The van der Waals surface area contributed by atoms with Crippen LogP contribution < -0.4 is 11.1 Å². The summed E-state index contributed by atoms with van der Waals surface area (Å²) in [5.41, 5.74) is 7.86. The maximum absolute atomic E-state index is 11.4. The summed E-state index contributed by atoms with van der Waals surface area (Å²) < 4.78 is 0. The number of hydrogen-bond donors (Lipinski definition) is 2. The Morgan fingerprint density at radius 2 is 2.24 bits per heavy atom. The highest BCUT2D eigenvalue weighted by Gasteiger charge is 2.09. The Hall–Kier alpha value is -1.16.